The Morgan fingerprint density at radius 2 is 1.63 bits per heavy atom. The van der Waals surface area contributed by atoms with Gasteiger partial charge < -0.3 is 9.15 Å². The highest BCUT2D eigenvalue weighted by Gasteiger charge is 2.17. The minimum atomic E-state index is -0.186. The minimum absolute atomic E-state index is 0.186. The first-order valence-corrected chi connectivity index (χ1v) is 9.00. The van der Waals surface area contributed by atoms with Crippen molar-refractivity contribution in [1.82, 2.24) is 0 Å². The van der Waals surface area contributed by atoms with Gasteiger partial charge in [0.2, 0.25) is 11.2 Å². The minimum Gasteiger partial charge on any atom is -0.481 e. The zero-order valence-electron chi connectivity index (χ0n) is 14.7. The van der Waals surface area contributed by atoms with Gasteiger partial charge in [-0.25, -0.2) is 0 Å². The van der Waals surface area contributed by atoms with E-state index >= 15 is 0 Å². The van der Waals surface area contributed by atoms with Crippen molar-refractivity contribution in [1.29, 1.82) is 0 Å². The van der Waals surface area contributed by atoms with Gasteiger partial charge in [0.25, 0.3) is 0 Å². The summed E-state index contributed by atoms with van der Waals surface area (Å²) in [6, 6.07) is 22.3. The molecule has 27 heavy (non-hydrogen) atoms. The van der Waals surface area contributed by atoms with Crippen molar-refractivity contribution in [3.8, 4) is 17.1 Å². The molecule has 0 unspecified atom stereocenters. The summed E-state index contributed by atoms with van der Waals surface area (Å²) >= 11 is 6.00. The molecule has 0 saturated heterocycles. The van der Waals surface area contributed by atoms with Crippen LogP contribution < -0.4 is 10.2 Å². The van der Waals surface area contributed by atoms with Crippen LogP contribution in [0, 0.1) is 6.92 Å². The fraction of sp³-hybridized carbons (Fsp3) is 0.0870. The van der Waals surface area contributed by atoms with E-state index < -0.39 is 0 Å². The summed E-state index contributed by atoms with van der Waals surface area (Å²) in [4.78, 5) is 13.1. The van der Waals surface area contributed by atoms with Crippen LogP contribution in [0.1, 0.15) is 11.1 Å². The van der Waals surface area contributed by atoms with Crippen LogP contribution in [0.5, 0.6) is 5.75 Å². The van der Waals surface area contributed by atoms with Crippen molar-refractivity contribution in [3.05, 3.63) is 99.2 Å². The second-order valence-corrected chi connectivity index (χ2v) is 6.80. The van der Waals surface area contributed by atoms with Crippen LogP contribution in [-0.2, 0) is 6.61 Å². The quantitative estimate of drug-likeness (QED) is 0.438. The smallest absolute Gasteiger partial charge is 0.235 e. The molecule has 0 N–H and O–H groups in total. The molecule has 0 spiro atoms. The number of halogens is 1. The van der Waals surface area contributed by atoms with Gasteiger partial charge in [0.05, 0.1) is 5.39 Å². The lowest BCUT2D eigenvalue weighted by Crippen LogP contribution is -2.10. The van der Waals surface area contributed by atoms with Gasteiger partial charge in [-0.15, -0.1) is 0 Å². The molecule has 0 fully saturated rings. The maximum Gasteiger partial charge on any atom is 0.235 e. The van der Waals surface area contributed by atoms with Crippen LogP contribution in [0.25, 0.3) is 22.3 Å². The Bertz CT molecular complexity index is 1140. The number of hydrogen-bond donors (Lipinski definition) is 0. The van der Waals surface area contributed by atoms with Crippen LogP contribution >= 0.6 is 11.6 Å². The van der Waals surface area contributed by atoms with E-state index in [1.807, 2.05) is 55.5 Å². The van der Waals surface area contributed by atoms with E-state index in [-0.39, 0.29) is 17.8 Å². The molecule has 0 aliphatic carbocycles. The van der Waals surface area contributed by atoms with Crippen LogP contribution in [0.2, 0.25) is 5.02 Å². The number of para-hydroxylation sites is 1. The van der Waals surface area contributed by atoms with Crippen molar-refractivity contribution in [2.24, 2.45) is 0 Å². The van der Waals surface area contributed by atoms with Crippen LogP contribution in [0.4, 0.5) is 0 Å². The number of rotatable bonds is 4. The predicted octanol–water partition coefficient (Wildman–Crippen LogP) is 6.00. The molecule has 3 aromatic carbocycles. The summed E-state index contributed by atoms with van der Waals surface area (Å²) in [6.45, 7) is 2.31. The van der Waals surface area contributed by atoms with E-state index in [1.165, 1.54) is 5.56 Å². The molecule has 134 valence electrons. The summed E-state index contributed by atoms with van der Waals surface area (Å²) in [7, 11) is 0. The molecule has 0 bridgehead atoms. The van der Waals surface area contributed by atoms with Crippen molar-refractivity contribution in [3.63, 3.8) is 0 Å². The zero-order chi connectivity index (χ0) is 18.8. The SMILES string of the molecule is Cc1ccc(COc2c(-c3ccc(Cl)cc3)oc3ccccc3c2=O)cc1. The zero-order valence-corrected chi connectivity index (χ0v) is 15.5. The molecule has 4 aromatic rings. The van der Waals surface area contributed by atoms with E-state index in [0.29, 0.717) is 21.8 Å². The predicted molar refractivity (Wildman–Crippen MR) is 108 cm³/mol. The Balaban J connectivity index is 1.82. The standard InChI is InChI=1S/C23H17ClO3/c1-15-6-8-16(9-7-15)14-26-23-21(25)19-4-2-3-5-20(19)27-22(23)17-10-12-18(24)13-11-17/h2-13H,14H2,1H3. The fourth-order valence-electron chi connectivity index (χ4n) is 2.89. The molecule has 1 heterocycles. The van der Waals surface area contributed by atoms with Gasteiger partial charge in [-0.05, 0) is 48.9 Å². The van der Waals surface area contributed by atoms with Gasteiger partial charge in [-0.3, -0.25) is 4.79 Å². The lowest BCUT2D eigenvalue weighted by Gasteiger charge is -2.12. The molecule has 0 atom stereocenters. The lowest BCUT2D eigenvalue weighted by molar-refractivity contribution is 0.298. The molecule has 1 aromatic heterocycles. The summed E-state index contributed by atoms with van der Waals surface area (Å²) in [5.74, 6) is 0.610. The molecular formula is C23H17ClO3. The molecule has 0 radical (unpaired) electrons. The average Bonchev–Trinajstić information content (AvgIpc) is 2.69. The average molecular weight is 377 g/mol. The van der Waals surface area contributed by atoms with Gasteiger partial charge in [-0.1, -0.05) is 53.6 Å². The van der Waals surface area contributed by atoms with Gasteiger partial charge in [0.1, 0.15) is 12.2 Å². The van der Waals surface area contributed by atoms with E-state index in [4.69, 9.17) is 20.8 Å². The molecule has 4 rings (SSSR count). The lowest BCUT2D eigenvalue weighted by atomic mass is 10.1. The Kier molecular flexibility index (Phi) is 4.69. The number of benzene rings is 3. The van der Waals surface area contributed by atoms with E-state index in [1.54, 1.807) is 24.3 Å². The molecule has 3 nitrogen and oxygen atoms in total. The first-order chi connectivity index (χ1) is 13.1. The normalized spacial score (nSPS) is 10.9. The number of fused-ring (bicyclic) bond motifs is 1. The fourth-order valence-corrected chi connectivity index (χ4v) is 3.01. The molecule has 0 saturated carbocycles. The molecule has 0 aliphatic heterocycles. The highest BCUT2D eigenvalue weighted by atomic mass is 35.5. The molecule has 0 aliphatic rings. The van der Waals surface area contributed by atoms with Crippen molar-refractivity contribution < 1.29 is 9.15 Å². The van der Waals surface area contributed by atoms with E-state index in [9.17, 15) is 4.79 Å². The number of aryl methyl sites for hydroxylation is 1. The second-order valence-electron chi connectivity index (χ2n) is 6.37. The Morgan fingerprint density at radius 3 is 2.37 bits per heavy atom. The Labute approximate surface area is 161 Å². The van der Waals surface area contributed by atoms with Gasteiger partial charge in [-0.2, -0.15) is 0 Å². The topological polar surface area (TPSA) is 39.4 Å². The third kappa shape index (κ3) is 3.60. The summed E-state index contributed by atoms with van der Waals surface area (Å²) in [5.41, 5.74) is 3.23. The van der Waals surface area contributed by atoms with E-state index in [0.717, 1.165) is 11.1 Å². The Hall–Kier alpha value is -3.04. The number of hydrogen-bond acceptors (Lipinski definition) is 3. The second kappa shape index (κ2) is 7.29. The van der Waals surface area contributed by atoms with E-state index in [2.05, 4.69) is 0 Å². The highest BCUT2D eigenvalue weighted by Crippen LogP contribution is 2.32. The van der Waals surface area contributed by atoms with Crippen LogP contribution in [0.3, 0.4) is 0 Å². The third-order valence-electron chi connectivity index (χ3n) is 4.37. The molecule has 4 heteroatoms. The van der Waals surface area contributed by atoms with Crippen LogP contribution in [-0.4, -0.2) is 0 Å². The first kappa shape index (κ1) is 17.4. The maximum atomic E-state index is 13.1. The monoisotopic (exact) mass is 376 g/mol. The van der Waals surface area contributed by atoms with Gasteiger partial charge >= 0.3 is 0 Å². The van der Waals surface area contributed by atoms with Crippen LogP contribution in [0.15, 0.2) is 82.0 Å². The van der Waals surface area contributed by atoms with Crippen molar-refractivity contribution in [2.45, 2.75) is 13.5 Å². The molecule has 0 amide bonds. The Morgan fingerprint density at radius 1 is 0.926 bits per heavy atom. The first-order valence-electron chi connectivity index (χ1n) is 8.62. The van der Waals surface area contributed by atoms with Crippen molar-refractivity contribution >= 4 is 22.6 Å². The highest BCUT2D eigenvalue weighted by molar-refractivity contribution is 6.30. The largest absolute Gasteiger partial charge is 0.481 e. The number of ether oxygens (including phenoxy) is 1. The summed E-state index contributed by atoms with van der Waals surface area (Å²) in [5, 5.41) is 1.11. The third-order valence-corrected chi connectivity index (χ3v) is 4.62. The van der Waals surface area contributed by atoms with Gasteiger partial charge in [0, 0.05) is 10.6 Å². The molecular weight excluding hydrogens is 360 g/mol. The summed E-state index contributed by atoms with van der Waals surface area (Å²) < 4.78 is 12.0. The summed E-state index contributed by atoms with van der Waals surface area (Å²) in [6.07, 6.45) is 0. The van der Waals surface area contributed by atoms with Gasteiger partial charge in [0.15, 0.2) is 5.76 Å². The van der Waals surface area contributed by atoms with Crippen molar-refractivity contribution in [2.75, 3.05) is 0 Å². The maximum absolute atomic E-state index is 13.1.